The third kappa shape index (κ3) is 4.60. The molecule has 2 aromatic rings. The van der Waals surface area contributed by atoms with E-state index < -0.39 is 0 Å². The topological polar surface area (TPSA) is 74.8 Å². The third-order valence-corrected chi connectivity index (χ3v) is 4.74. The van der Waals surface area contributed by atoms with Crippen LogP contribution in [0.15, 0.2) is 36.5 Å². The summed E-state index contributed by atoms with van der Waals surface area (Å²) in [5.41, 5.74) is 4.61. The molecule has 1 aromatic heterocycles. The molecule has 3 rings (SSSR count). The standard InChI is InChI=1S/C21H26N4O3/c1-4-28-21(27)25-11-9-24(10-12-25)20(26)19-8-6-17(14-22-19)23-18-7-5-15(2)13-16(18)3/h5-8,13-14,23H,4,9-12H2,1-3H3. The molecular weight excluding hydrogens is 356 g/mol. The first kappa shape index (κ1) is 19.7. The van der Waals surface area contributed by atoms with Crippen molar-refractivity contribution in [1.82, 2.24) is 14.8 Å². The average molecular weight is 382 g/mol. The molecule has 1 fully saturated rings. The molecule has 1 aliphatic rings. The number of ether oxygens (including phenoxy) is 1. The van der Waals surface area contributed by atoms with Crippen molar-refractivity contribution in [2.75, 3.05) is 38.1 Å². The molecule has 0 aliphatic carbocycles. The van der Waals surface area contributed by atoms with Gasteiger partial charge in [0.05, 0.1) is 18.5 Å². The van der Waals surface area contributed by atoms with Crippen molar-refractivity contribution in [3.8, 4) is 0 Å². The van der Waals surface area contributed by atoms with Gasteiger partial charge in [-0.05, 0) is 44.5 Å². The largest absolute Gasteiger partial charge is 0.450 e. The van der Waals surface area contributed by atoms with Gasteiger partial charge in [0.2, 0.25) is 0 Å². The van der Waals surface area contributed by atoms with E-state index in [1.807, 2.05) is 12.1 Å². The summed E-state index contributed by atoms with van der Waals surface area (Å²) in [4.78, 5) is 32.1. The number of carbonyl (C=O) groups is 2. The smallest absolute Gasteiger partial charge is 0.409 e. The number of aryl methyl sites for hydroxylation is 2. The molecule has 1 saturated heterocycles. The first-order valence-corrected chi connectivity index (χ1v) is 9.49. The molecule has 1 aliphatic heterocycles. The van der Waals surface area contributed by atoms with E-state index in [1.165, 1.54) is 5.56 Å². The molecule has 0 atom stereocenters. The molecule has 148 valence electrons. The molecule has 1 aromatic carbocycles. The fraction of sp³-hybridized carbons (Fsp3) is 0.381. The average Bonchev–Trinajstić information content (AvgIpc) is 2.70. The number of carbonyl (C=O) groups excluding carboxylic acids is 2. The Hall–Kier alpha value is -3.09. The highest BCUT2D eigenvalue weighted by Crippen LogP contribution is 2.21. The maximum absolute atomic E-state index is 12.7. The van der Waals surface area contributed by atoms with E-state index >= 15 is 0 Å². The number of hydrogen-bond acceptors (Lipinski definition) is 5. The molecular formula is C21H26N4O3. The van der Waals surface area contributed by atoms with Gasteiger partial charge >= 0.3 is 6.09 Å². The van der Waals surface area contributed by atoms with Gasteiger partial charge in [-0.15, -0.1) is 0 Å². The van der Waals surface area contributed by atoms with Crippen LogP contribution in [0.25, 0.3) is 0 Å². The first-order chi connectivity index (χ1) is 13.5. The maximum atomic E-state index is 12.7. The summed E-state index contributed by atoms with van der Waals surface area (Å²) in [6.07, 6.45) is 1.34. The first-order valence-electron chi connectivity index (χ1n) is 9.49. The van der Waals surface area contributed by atoms with Crippen LogP contribution >= 0.6 is 0 Å². The van der Waals surface area contributed by atoms with Gasteiger partial charge in [-0.25, -0.2) is 9.78 Å². The molecule has 0 saturated carbocycles. The lowest BCUT2D eigenvalue weighted by Crippen LogP contribution is -2.50. The number of nitrogens with one attached hydrogen (secondary N) is 1. The van der Waals surface area contributed by atoms with Crippen molar-refractivity contribution in [1.29, 1.82) is 0 Å². The minimum absolute atomic E-state index is 0.124. The van der Waals surface area contributed by atoms with Gasteiger partial charge in [-0.2, -0.15) is 0 Å². The summed E-state index contributed by atoms with van der Waals surface area (Å²) in [5, 5.41) is 3.33. The molecule has 7 nitrogen and oxygen atoms in total. The Bertz CT molecular complexity index is 843. The minimum atomic E-state index is -0.324. The summed E-state index contributed by atoms with van der Waals surface area (Å²) >= 11 is 0. The Labute approximate surface area is 165 Å². The quantitative estimate of drug-likeness (QED) is 0.878. The van der Waals surface area contributed by atoms with Gasteiger partial charge < -0.3 is 19.9 Å². The lowest BCUT2D eigenvalue weighted by molar-refractivity contribution is 0.0566. The van der Waals surface area contributed by atoms with Gasteiger partial charge in [0.15, 0.2) is 0 Å². The van der Waals surface area contributed by atoms with E-state index in [9.17, 15) is 9.59 Å². The number of anilines is 2. The molecule has 0 radical (unpaired) electrons. The predicted octanol–water partition coefficient (Wildman–Crippen LogP) is 3.36. The molecule has 28 heavy (non-hydrogen) atoms. The Kier molecular flexibility index (Phi) is 6.13. The van der Waals surface area contributed by atoms with Crippen molar-refractivity contribution in [2.45, 2.75) is 20.8 Å². The van der Waals surface area contributed by atoms with Gasteiger partial charge in [0.25, 0.3) is 5.91 Å². The van der Waals surface area contributed by atoms with Gasteiger partial charge in [-0.1, -0.05) is 17.7 Å². The van der Waals surface area contributed by atoms with Crippen LogP contribution in [-0.4, -0.2) is 59.6 Å². The monoisotopic (exact) mass is 382 g/mol. The Morgan fingerprint density at radius 2 is 1.79 bits per heavy atom. The second-order valence-corrected chi connectivity index (χ2v) is 6.85. The van der Waals surface area contributed by atoms with Crippen molar-refractivity contribution >= 4 is 23.4 Å². The van der Waals surface area contributed by atoms with Gasteiger partial charge in [0, 0.05) is 31.9 Å². The van der Waals surface area contributed by atoms with E-state index in [0.29, 0.717) is 38.5 Å². The molecule has 2 heterocycles. The molecule has 0 bridgehead atoms. The normalized spacial score (nSPS) is 14.0. The summed E-state index contributed by atoms with van der Waals surface area (Å²) in [5.74, 6) is -0.124. The molecule has 1 N–H and O–H groups in total. The lowest BCUT2D eigenvalue weighted by atomic mass is 10.1. The Morgan fingerprint density at radius 1 is 1.07 bits per heavy atom. The van der Waals surface area contributed by atoms with Crippen LogP contribution in [0.4, 0.5) is 16.2 Å². The predicted molar refractivity (Wildman–Crippen MR) is 108 cm³/mol. The zero-order valence-electron chi connectivity index (χ0n) is 16.6. The zero-order chi connectivity index (χ0) is 20.1. The highest BCUT2D eigenvalue weighted by molar-refractivity contribution is 5.92. The van der Waals surface area contributed by atoms with E-state index in [2.05, 4.69) is 36.3 Å². The fourth-order valence-corrected chi connectivity index (χ4v) is 3.17. The van der Waals surface area contributed by atoms with E-state index in [1.54, 1.807) is 29.0 Å². The summed E-state index contributed by atoms with van der Waals surface area (Å²) in [6, 6.07) is 9.78. The zero-order valence-corrected chi connectivity index (χ0v) is 16.6. The van der Waals surface area contributed by atoms with Crippen molar-refractivity contribution < 1.29 is 14.3 Å². The van der Waals surface area contributed by atoms with Crippen molar-refractivity contribution in [3.63, 3.8) is 0 Å². The molecule has 2 amide bonds. The Balaban J connectivity index is 1.59. The van der Waals surface area contributed by atoms with Crippen LogP contribution in [-0.2, 0) is 4.74 Å². The SMILES string of the molecule is CCOC(=O)N1CCN(C(=O)c2ccc(Nc3ccc(C)cc3C)cn2)CC1. The number of nitrogens with zero attached hydrogens (tertiary/aromatic N) is 3. The second kappa shape index (κ2) is 8.73. The molecule has 7 heteroatoms. The number of amides is 2. The van der Waals surface area contributed by atoms with Crippen molar-refractivity contribution in [2.24, 2.45) is 0 Å². The van der Waals surface area contributed by atoms with Gasteiger partial charge in [0.1, 0.15) is 5.69 Å². The fourth-order valence-electron chi connectivity index (χ4n) is 3.17. The number of hydrogen-bond donors (Lipinski definition) is 1. The van der Waals surface area contributed by atoms with Crippen LogP contribution in [0, 0.1) is 13.8 Å². The van der Waals surface area contributed by atoms with Gasteiger partial charge in [-0.3, -0.25) is 4.79 Å². The number of benzene rings is 1. The molecule has 0 unspecified atom stereocenters. The summed E-state index contributed by atoms with van der Waals surface area (Å²) in [7, 11) is 0. The van der Waals surface area contributed by atoms with Crippen molar-refractivity contribution in [3.05, 3.63) is 53.3 Å². The number of rotatable bonds is 4. The second-order valence-electron chi connectivity index (χ2n) is 6.85. The van der Waals surface area contributed by atoms with E-state index in [-0.39, 0.29) is 12.0 Å². The lowest BCUT2D eigenvalue weighted by Gasteiger charge is -2.33. The summed E-state index contributed by atoms with van der Waals surface area (Å²) in [6.45, 7) is 8.13. The number of pyridine rings is 1. The van der Waals surface area contributed by atoms with Crippen LogP contribution in [0.3, 0.4) is 0 Å². The maximum Gasteiger partial charge on any atom is 0.409 e. The van der Waals surface area contributed by atoms with E-state index in [4.69, 9.17) is 4.74 Å². The number of aromatic nitrogens is 1. The van der Waals surface area contributed by atoms with Crippen LogP contribution in [0.1, 0.15) is 28.5 Å². The third-order valence-electron chi connectivity index (χ3n) is 4.74. The highest BCUT2D eigenvalue weighted by atomic mass is 16.6. The Morgan fingerprint density at radius 3 is 2.39 bits per heavy atom. The highest BCUT2D eigenvalue weighted by Gasteiger charge is 2.26. The molecule has 0 spiro atoms. The minimum Gasteiger partial charge on any atom is -0.450 e. The summed E-state index contributed by atoms with van der Waals surface area (Å²) < 4.78 is 5.00. The van der Waals surface area contributed by atoms with Crippen LogP contribution in [0.5, 0.6) is 0 Å². The van der Waals surface area contributed by atoms with E-state index in [0.717, 1.165) is 16.9 Å². The van der Waals surface area contributed by atoms with Crippen LogP contribution in [0.2, 0.25) is 0 Å². The van der Waals surface area contributed by atoms with Crippen LogP contribution < -0.4 is 5.32 Å². The number of piperazine rings is 1.